The van der Waals surface area contributed by atoms with Gasteiger partial charge in [-0.3, -0.25) is 0 Å². The standard InChI is InChI=1S/C47H30N4O/c1-4-13-31(14-5-1)45-48-46(32-15-6-2-7-16-32)50-47(49-45)36-24-26-44-40(29-36)39-28-34(23-25-43(39)52-44)33-17-12-18-35(27-33)41-30-51(37-19-8-3-9-20-37)42-22-11-10-21-38(41)42/h1-30H. The molecule has 0 aliphatic rings. The molecule has 7 aromatic carbocycles. The van der Waals surface area contributed by atoms with Crippen molar-refractivity contribution >= 4 is 32.8 Å². The van der Waals surface area contributed by atoms with Crippen LogP contribution in [0.3, 0.4) is 0 Å². The maximum absolute atomic E-state index is 6.35. The fourth-order valence-electron chi connectivity index (χ4n) is 7.11. The molecule has 0 fully saturated rings. The molecule has 0 spiro atoms. The van der Waals surface area contributed by atoms with E-state index in [0.29, 0.717) is 17.5 Å². The number of aromatic nitrogens is 4. The highest BCUT2D eigenvalue weighted by molar-refractivity contribution is 6.07. The molecule has 0 unspecified atom stereocenters. The van der Waals surface area contributed by atoms with Crippen molar-refractivity contribution in [2.45, 2.75) is 0 Å². The minimum atomic E-state index is 0.613. The molecule has 3 heterocycles. The molecule has 3 aromatic heterocycles. The van der Waals surface area contributed by atoms with Crippen LogP contribution in [0.1, 0.15) is 0 Å². The number of fused-ring (bicyclic) bond motifs is 4. The van der Waals surface area contributed by atoms with E-state index < -0.39 is 0 Å². The lowest BCUT2D eigenvalue weighted by Crippen LogP contribution is -2.00. The zero-order chi connectivity index (χ0) is 34.4. The van der Waals surface area contributed by atoms with Crippen LogP contribution in [0, 0.1) is 0 Å². The minimum absolute atomic E-state index is 0.613. The van der Waals surface area contributed by atoms with Gasteiger partial charge in [-0.25, -0.2) is 15.0 Å². The molecule has 0 N–H and O–H groups in total. The predicted octanol–water partition coefficient (Wildman–Crippen LogP) is 12.0. The van der Waals surface area contributed by atoms with E-state index in [1.54, 1.807) is 0 Å². The van der Waals surface area contributed by atoms with Crippen molar-refractivity contribution in [2.24, 2.45) is 0 Å². The first-order chi connectivity index (χ1) is 25.7. The summed E-state index contributed by atoms with van der Waals surface area (Å²) < 4.78 is 8.62. The second-order valence-corrected chi connectivity index (χ2v) is 12.9. The molecule has 5 nitrogen and oxygen atoms in total. The summed E-state index contributed by atoms with van der Waals surface area (Å²) in [6, 6.07) is 60.6. The molecule has 0 radical (unpaired) electrons. The highest BCUT2D eigenvalue weighted by Gasteiger charge is 2.16. The summed E-state index contributed by atoms with van der Waals surface area (Å²) in [5.41, 5.74) is 11.4. The quantitative estimate of drug-likeness (QED) is 0.177. The summed E-state index contributed by atoms with van der Waals surface area (Å²) in [6.45, 7) is 0. The van der Waals surface area contributed by atoms with E-state index in [-0.39, 0.29) is 0 Å². The van der Waals surface area contributed by atoms with Crippen molar-refractivity contribution in [3.05, 3.63) is 182 Å². The molecule has 52 heavy (non-hydrogen) atoms. The van der Waals surface area contributed by atoms with E-state index in [1.165, 1.54) is 22.0 Å². The van der Waals surface area contributed by atoms with Crippen molar-refractivity contribution in [1.82, 2.24) is 19.5 Å². The summed E-state index contributed by atoms with van der Waals surface area (Å²) in [5, 5.41) is 3.27. The summed E-state index contributed by atoms with van der Waals surface area (Å²) in [6.07, 6.45) is 2.25. The molecule has 0 amide bonds. The maximum Gasteiger partial charge on any atom is 0.164 e. The lowest BCUT2D eigenvalue weighted by Gasteiger charge is -2.08. The van der Waals surface area contributed by atoms with Gasteiger partial charge in [-0.2, -0.15) is 0 Å². The van der Waals surface area contributed by atoms with Crippen LogP contribution >= 0.6 is 0 Å². The molecular formula is C47H30N4O. The fraction of sp³-hybridized carbons (Fsp3) is 0. The number of rotatable bonds is 6. The van der Waals surface area contributed by atoms with E-state index in [1.807, 2.05) is 72.8 Å². The van der Waals surface area contributed by atoms with Gasteiger partial charge < -0.3 is 8.98 Å². The third-order valence-electron chi connectivity index (χ3n) is 9.68. The molecule has 0 saturated heterocycles. The molecular weight excluding hydrogens is 637 g/mol. The number of para-hydroxylation sites is 2. The predicted molar refractivity (Wildman–Crippen MR) is 211 cm³/mol. The third kappa shape index (κ3) is 5.24. The first kappa shape index (κ1) is 29.8. The van der Waals surface area contributed by atoms with Gasteiger partial charge >= 0.3 is 0 Å². The Morgan fingerprint density at radius 1 is 0.365 bits per heavy atom. The summed E-state index contributed by atoms with van der Waals surface area (Å²) in [5.74, 6) is 1.88. The van der Waals surface area contributed by atoms with E-state index in [4.69, 9.17) is 19.4 Å². The number of hydrogen-bond donors (Lipinski definition) is 0. The van der Waals surface area contributed by atoms with Crippen LogP contribution in [0.15, 0.2) is 187 Å². The topological polar surface area (TPSA) is 56.7 Å². The number of benzene rings is 7. The maximum atomic E-state index is 6.35. The van der Waals surface area contributed by atoms with Crippen LogP contribution in [0.4, 0.5) is 0 Å². The molecule has 10 aromatic rings. The van der Waals surface area contributed by atoms with Crippen molar-refractivity contribution in [3.8, 4) is 62.1 Å². The Kier molecular flexibility index (Phi) is 7.07. The van der Waals surface area contributed by atoms with Crippen LogP contribution < -0.4 is 0 Å². The zero-order valence-corrected chi connectivity index (χ0v) is 28.0. The van der Waals surface area contributed by atoms with Crippen molar-refractivity contribution < 1.29 is 4.42 Å². The van der Waals surface area contributed by atoms with Gasteiger partial charge in [0.15, 0.2) is 17.5 Å². The monoisotopic (exact) mass is 666 g/mol. The molecule has 244 valence electrons. The van der Waals surface area contributed by atoms with Crippen molar-refractivity contribution in [1.29, 1.82) is 0 Å². The highest BCUT2D eigenvalue weighted by atomic mass is 16.3. The van der Waals surface area contributed by atoms with Gasteiger partial charge in [0.1, 0.15) is 11.2 Å². The van der Waals surface area contributed by atoms with Gasteiger partial charge in [0, 0.05) is 50.3 Å². The fourth-order valence-corrected chi connectivity index (χ4v) is 7.11. The highest BCUT2D eigenvalue weighted by Crippen LogP contribution is 2.38. The van der Waals surface area contributed by atoms with Crippen molar-refractivity contribution in [2.75, 3.05) is 0 Å². The largest absolute Gasteiger partial charge is 0.456 e. The first-order valence-corrected chi connectivity index (χ1v) is 17.4. The molecule has 0 saturated carbocycles. The van der Waals surface area contributed by atoms with Gasteiger partial charge in [0.25, 0.3) is 0 Å². The second kappa shape index (κ2) is 12.3. The van der Waals surface area contributed by atoms with Crippen LogP contribution in [-0.2, 0) is 0 Å². The Bertz CT molecular complexity index is 2840. The van der Waals surface area contributed by atoms with Gasteiger partial charge in [-0.1, -0.05) is 121 Å². The number of furan rings is 1. The Morgan fingerprint density at radius 3 is 1.54 bits per heavy atom. The smallest absolute Gasteiger partial charge is 0.164 e. The summed E-state index contributed by atoms with van der Waals surface area (Å²) in [4.78, 5) is 14.8. The normalized spacial score (nSPS) is 11.5. The Morgan fingerprint density at radius 2 is 0.865 bits per heavy atom. The van der Waals surface area contributed by atoms with E-state index in [0.717, 1.165) is 55.4 Å². The SMILES string of the molecule is c1ccc(-c2nc(-c3ccccc3)nc(-c3ccc4oc5ccc(-c6cccc(-c7cn(-c8ccccc8)c8ccccc78)c6)cc5c4c3)n2)cc1. The second-order valence-electron chi connectivity index (χ2n) is 12.9. The molecule has 0 aliphatic heterocycles. The van der Waals surface area contributed by atoms with Gasteiger partial charge in [0.05, 0.1) is 5.52 Å². The van der Waals surface area contributed by atoms with E-state index in [2.05, 4.69) is 114 Å². The Hall–Kier alpha value is -7.11. The van der Waals surface area contributed by atoms with Gasteiger partial charge in [-0.15, -0.1) is 0 Å². The lowest BCUT2D eigenvalue weighted by atomic mass is 9.97. The summed E-state index contributed by atoms with van der Waals surface area (Å²) >= 11 is 0. The molecule has 0 atom stereocenters. The Balaban J connectivity index is 1.07. The van der Waals surface area contributed by atoms with Crippen LogP contribution in [0.2, 0.25) is 0 Å². The molecule has 5 heteroatoms. The lowest BCUT2D eigenvalue weighted by molar-refractivity contribution is 0.669. The van der Waals surface area contributed by atoms with Crippen LogP contribution in [0.25, 0.3) is 94.9 Å². The summed E-state index contributed by atoms with van der Waals surface area (Å²) in [7, 11) is 0. The number of hydrogen-bond acceptors (Lipinski definition) is 4. The van der Waals surface area contributed by atoms with Crippen LogP contribution in [0.5, 0.6) is 0 Å². The zero-order valence-electron chi connectivity index (χ0n) is 28.0. The van der Waals surface area contributed by atoms with E-state index in [9.17, 15) is 0 Å². The first-order valence-electron chi connectivity index (χ1n) is 17.4. The molecule has 10 rings (SSSR count). The molecule has 0 bridgehead atoms. The average Bonchev–Trinajstić information content (AvgIpc) is 3.80. The third-order valence-corrected chi connectivity index (χ3v) is 9.68. The Labute approximate surface area is 300 Å². The van der Waals surface area contributed by atoms with Crippen molar-refractivity contribution in [3.63, 3.8) is 0 Å². The van der Waals surface area contributed by atoms with Crippen LogP contribution in [-0.4, -0.2) is 19.5 Å². The average molecular weight is 667 g/mol. The van der Waals surface area contributed by atoms with Gasteiger partial charge in [0.2, 0.25) is 0 Å². The minimum Gasteiger partial charge on any atom is -0.456 e. The molecule has 0 aliphatic carbocycles. The van der Waals surface area contributed by atoms with Gasteiger partial charge in [-0.05, 0) is 71.3 Å². The van der Waals surface area contributed by atoms with E-state index >= 15 is 0 Å². The number of nitrogens with zero attached hydrogens (tertiary/aromatic N) is 4.